The van der Waals surface area contributed by atoms with Crippen LogP contribution < -0.4 is 5.14 Å². The third kappa shape index (κ3) is 6.49. The van der Waals surface area contributed by atoms with Crippen molar-refractivity contribution in [2.75, 3.05) is 19.0 Å². The van der Waals surface area contributed by atoms with Crippen molar-refractivity contribution in [2.24, 2.45) is 17.0 Å². The molecule has 1 aromatic rings. The molecule has 6 heteroatoms. The Morgan fingerprint density at radius 3 is 2.67 bits per heavy atom. The van der Waals surface area contributed by atoms with Crippen molar-refractivity contribution in [3.63, 3.8) is 0 Å². The highest BCUT2D eigenvalue weighted by Gasteiger charge is 2.19. The van der Waals surface area contributed by atoms with E-state index in [1.165, 1.54) is 4.88 Å². The molecule has 0 saturated carbocycles. The molecular weight excluding hydrogens is 270 g/mol. The Balaban J connectivity index is 2.30. The number of primary sulfonamides is 1. The summed E-state index contributed by atoms with van der Waals surface area (Å²) in [4.78, 5) is 1.28. The van der Waals surface area contributed by atoms with E-state index in [1.54, 1.807) is 11.3 Å². The molecule has 0 aliphatic heterocycles. The molecule has 104 valence electrons. The third-order valence-electron chi connectivity index (χ3n) is 2.79. The van der Waals surface area contributed by atoms with Gasteiger partial charge in [-0.15, -0.1) is 11.3 Å². The molecule has 0 fully saturated rings. The largest absolute Gasteiger partial charge is 0.381 e. The van der Waals surface area contributed by atoms with Crippen molar-refractivity contribution in [2.45, 2.75) is 20.3 Å². The number of rotatable bonds is 8. The minimum Gasteiger partial charge on any atom is -0.381 e. The van der Waals surface area contributed by atoms with Crippen LogP contribution in [0.1, 0.15) is 18.7 Å². The average Bonchev–Trinajstić information content (AvgIpc) is 2.73. The molecule has 0 saturated heterocycles. The van der Waals surface area contributed by atoms with Gasteiger partial charge in [-0.2, -0.15) is 0 Å². The van der Waals surface area contributed by atoms with Crippen LogP contribution in [0.2, 0.25) is 0 Å². The summed E-state index contributed by atoms with van der Waals surface area (Å²) in [6, 6.07) is 4.08. The van der Waals surface area contributed by atoms with Gasteiger partial charge in [0.05, 0.1) is 19.0 Å². The molecule has 1 unspecified atom stereocenters. The summed E-state index contributed by atoms with van der Waals surface area (Å²) in [5.41, 5.74) is 0. The Bertz CT molecular complexity index is 426. The van der Waals surface area contributed by atoms with E-state index < -0.39 is 10.0 Å². The summed E-state index contributed by atoms with van der Waals surface area (Å²) in [5.74, 6) is 0.192. The van der Waals surface area contributed by atoms with Crippen LogP contribution in [0.5, 0.6) is 0 Å². The molecule has 1 rings (SSSR count). The summed E-state index contributed by atoms with van der Waals surface area (Å²) >= 11 is 1.70. The van der Waals surface area contributed by atoms with Crippen LogP contribution in [0.4, 0.5) is 0 Å². The molecule has 0 spiro atoms. The maximum Gasteiger partial charge on any atom is 0.209 e. The predicted octanol–water partition coefficient (Wildman–Crippen LogP) is 1.87. The summed E-state index contributed by atoms with van der Waals surface area (Å²) in [6.45, 7) is 5.03. The van der Waals surface area contributed by atoms with Gasteiger partial charge in [-0.25, -0.2) is 13.6 Å². The first-order valence-electron chi connectivity index (χ1n) is 5.99. The highest BCUT2D eigenvalue weighted by molar-refractivity contribution is 7.89. The highest BCUT2D eigenvalue weighted by Crippen LogP contribution is 2.14. The zero-order valence-corrected chi connectivity index (χ0v) is 12.5. The first-order chi connectivity index (χ1) is 8.38. The number of sulfonamides is 1. The molecule has 0 bridgehead atoms. The van der Waals surface area contributed by atoms with Gasteiger partial charge in [-0.05, 0) is 23.3 Å². The van der Waals surface area contributed by atoms with E-state index in [-0.39, 0.29) is 17.6 Å². The van der Waals surface area contributed by atoms with Gasteiger partial charge in [-0.1, -0.05) is 19.9 Å². The number of hydrogen-bond donors (Lipinski definition) is 1. The van der Waals surface area contributed by atoms with E-state index >= 15 is 0 Å². The maximum absolute atomic E-state index is 11.1. The van der Waals surface area contributed by atoms with Crippen molar-refractivity contribution in [3.8, 4) is 0 Å². The van der Waals surface area contributed by atoms with Gasteiger partial charge >= 0.3 is 0 Å². The maximum atomic E-state index is 11.1. The number of ether oxygens (including phenoxy) is 1. The zero-order chi connectivity index (χ0) is 13.6. The Labute approximate surface area is 113 Å². The highest BCUT2D eigenvalue weighted by atomic mass is 32.2. The fourth-order valence-corrected chi connectivity index (χ4v) is 3.36. The molecule has 1 aromatic heterocycles. The van der Waals surface area contributed by atoms with E-state index in [1.807, 2.05) is 25.3 Å². The average molecular weight is 291 g/mol. The van der Waals surface area contributed by atoms with E-state index in [2.05, 4.69) is 6.07 Å². The molecule has 2 N–H and O–H groups in total. The first-order valence-corrected chi connectivity index (χ1v) is 8.58. The monoisotopic (exact) mass is 291 g/mol. The number of thiophene rings is 1. The van der Waals surface area contributed by atoms with Crippen LogP contribution in [-0.2, 0) is 21.2 Å². The SMILES string of the molecule is CC(C)C(COCCc1cccs1)CS(N)(=O)=O. The standard InChI is InChI=1S/C12H21NO3S2/c1-10(2)11(9-18(13,14)15)8-16-6-5-12-4-3-7-17-12/h3-4,7,10-11H,5-6,8-9H2,1-2H3,(H2,13,14,15). The Kier molecular flexibility index (Phi) is 6.28. The lowest BCUT2D eigenvalue weighted by Crippen LogP contribution is -2.29. The topological polar surface area (TPSA) is 69.4 Å². The second kappa shape index (κ2) is 7.23. The summed E-state index contributed by atoms with van der Waals surface area (Å²) in [6.07, 6.45) is 0.873. The Morgan fingerprint density at radius 2 is 2.17 bits per heavy atom. The zero-order valence-electron chi connectivity index (χ0n) is 10.8. The molecule has 0 aliphatic carbocycles. The molecule has 18 heavy (non-hydrogen) atoms. The lowest BCUT2D eigenvalue weighted by atomic mass is 9.99. The normalized spacial score (nSPS) is 14.0. The molecule has 0 amide bonds. The smallest absolute Gasteiger partial charge is 0.209 e. The summed E-state index contributed by atoms with van der Waals surface area (Å²) in [5, 5.41) is 7.11. The fraction of sp³-hybridized carbons (Fsp3) is 0.667. The Hall–Kier alpha value is -0.430. The van der Waals surface area contributed by atoms with Crippen LogP contribution in [0, 0.1) is 11.8 Å². The van der Waals surface area contributed by atoms with Crippen molar-refractivity contribution in [1.82, 2.24) is 0 Å². The minimum absolute atomic E-state index is 0.0102. The number of nitrogens with two attached hydrogens (primary N) is 1. The van der Waals surface area contributed by atoms with Crippen molar-refractivity contribution < 1.29 is 13.2 Å². The van der Waals surface area contributed by atoms with Crippen molar-refractivity contribution in [3.05, 3.63) is 22.4 Å². The van der Waals surface area contributed by atoms with Crippen LogP contribution in [0.3, 0.4) is 0 Å². The van der Waals surface area contributed by atoms with Crippen LogP contribution in [0.25, 0.3) is 0 Å². The molecule has 0 radical (unpaired) electrons. The molecule has 1 heterocycles. The fourth-order valence-electron chi connectivity index (χ4n) is 1.59. The van der Waals surface area contributed by atoms with Gasteiger partial charge < -0.3 is 4.74 Å². The van der Waals surface area contributed by atoms with Crippen LogP contribution in [0.15, 0.2) is 17.5 Å². The van der Waals surface area contributed by atoms with Crippen molar-refractivity contribution >= 4 is 21.4 Å². The van der Waals surface area contributed by atoms with Gasteiger partial charge in [0.25, 0.3) is 0 Å². The van der Waals surface area contributed by atoms with Crippen LogP contribution >= 0.6 is 11.3 Å². The quantitative estimate of drug-likeness (QED) is 0.743. The van der Waals surface area contributed by atoms with E-state index in [4.69, 9.17) is 9.88 Å². The minimum atomic E-state index is -3.43. The second-order valence-corrected chi connectivity index (χ2v) is 7.43. The van der Waals surface area contributed by atoms with Gasteiger partial charge in [0.15, 0.2) is 0 Å². The first kappa shape index (κ1) is 15.6. The molecule has 0 aromatic carbocycles. The van der Waals surface area contributed by atoms with Gasteiger partial charge in [0.2, 0.25) is 10.0 Å². The summed E-state index contributed by atoms with van der Waals surface area (Å²) < 4.78 is 27.7. The Morgan fingerprint density at radius 1 is 1.44 bits per heavy atom. The molecule has 4 nitrogen and oxygen atoms in total. The van der Waals surface area contributed by atoms with Gasteiger partial charge in [0, 0.05) is 11.3 Å². The van der Waals surface area contributed by atoms with E-state index in [9.17, 15) is 8.42 Å². The second-order valence-electron chi connectivity index (χ2n) is 4.74. The summed E-state index contributed by atoms with van der Waals surface area (Å²) in [7, 11) is -3.43. The molecule has 0 aliphatic rings. The lowest BCUT2D eigenvalue weighted by Gasteiger charge is -2.19. The van der Waals surface area contributed by atoms with Gasteiger partial charge in [-0.3, -0.25) is 0 Å². The predicted molar refractivity (Wildman–Crippen MR) is 75.1 cm³/mol. The third-order valence-corrected chi connectivity index (χ3v) is 4.62. The van der Waals surface area contributed by atoms with E-state index in [0.717, 1.165) is 6.42 Å². The lowest BCUT2D eigenvalue weighted by molar-refractivity contribution is 0.0934. The molecule has 1 atom stereocenters. The molecular formula is C12H21NO3S2. The number of hydrogen-bond acceptors (Lipinski definition) is 4. The van der Waals surface area contributed by atoms with Crippen molar-refractivity contribution in [1.29, 1.82) is 0 Å². The van der Waals surface area contributed by atoms with Gasteiger partial charge in [0.1, 0.15) is 0 Å². The van der Waals surface area contributed by atoms with Crippen LogP contribution in [-0.4, -0.2) is 27.4 Å². The van der Waals surface area contributed by atoms with E-state index in [0.29, 0.717) is 13.2 Å².